The number of hydrogen-bond donors (Lipinski definition) is 0. The fourth-order valence-corrected chi connectivity index (χ4v) is 4.79. The van der Waals surface area contributed by atoms with Crippen LogP contribution in [0.3, 0.4) is 0 Å². The lowest BCUT2D eigenvalue weighted by Gasteiger charge is -2.20. The van der Waals surface area contributed by atoms with Gasteiger partial charge in [-0.15, -0.1) is 11.3 Å². The molecule has 132 valence electrons. The van der Waals surface area contributed by atoms with E-state index in [1.165, 1.54) is 0 Å². The van der Waals surface area contributed by atoms with Gasteiger partial charge in [0.15, 0.2) is 5.13 Å². The van der Waals surface area contributed by atoms with Gasteiger partial charge in [-0.3, -0.25) is 9.69 Å². The number of amides is 1. The van der Waals surface area contributed by atoms with E-state index in [-0.39, 0.29) is 5.91 Å². The highest BCUT2D eigenvalue weighted by molar-refractivity contribution is 9.10. The molecule has 3 rings (SSSR count). The van der Waals surface area contributed by atoms with Gasteiger partial charge in [0.05, 0.1) is 16.6 Å². The summed E-state index contributed by atoms with van der Waals surface area (Å²) in [7, 11) is 4.10. The summed E-state index contributed by atoms with van der Waals surface area (Å²) < 4.78 is 2.12. The third-order valence-corrected chi connectivity index (χ3v) is 6.17. The Hall–Kier alpha value is -1.28. The number of carbonyl (C=O) groups excluding carboxylic acids is 1. The van der Waals surface area contributed by atoms with Crippen molar-refractivity contribution in [1.82, 2.24) is 9.88 Å². The first kappa shape index (κ1) is 18.5. The minimum atomic E-state index is 0.110. The van der Waals surface area contributed by atoms with Gasteiger partial charge in [0, 0.05) is 15.9 Å². The number of anilines is 1. The molecule has 0 saturated heterocycles. The van der Waals surface area contributed by atoms with Crippen molar-refractivity contribution >= 4 is 59.9 Å². The summed E-state index contributed by atoms with van der Waals surface area (Å²) in [4.78, 5) is 22.7. The minimum absolute atomic E-state index is 0.110. The highest BCUT2D eigenvalue weighted by Crippen LogP contribution is 2.31. The Morgan fingerprint density at radius 3 is 2.80 bits per heavy atom. The number of aromatic nitrogens is 1. The van der Waals surface area contributed by atoms with Crippen LogP contribution in [0.4, 0.5) is 5.13 Å². The van der Waals surface area contributed by atoms with E-state index in [2.05, 4.69) is 26.9 Å². The number of benzene rings is 1. The van der Waals surface area contributed by atoms with Crippen molar-refractivity contribution < 1.29 is 4.79 Å². The van der Waals surface area contributed by atoms with Gasteiger partial charge in [0.1, 0.15) is 0 Å². The van der Waals surface area contributed by atoms with Crippen LogP contribution >= 0.6 is 38.6 Å². The Balaban J connectivity index is 1.84. The fraction of sp³-hybridized carbons (Fsp3) is 0.333. The van der Waals surface area contributed by atoms with Crippen molar-refractivity contribution in [3.8, 4) is 0 Å². The zero-order valence-electron chi connectivity index (χ0n) is 14.2. The van der Waals surface area contributed by atoms with Crippen LogP contribution in [0, 0.1) is 0 Å². The predicted octanol–water partition coefficient (Wildman–Crippen LogP) is 4.65. The Labute approximate surface area is 164 Å². The highest BCUT2D eigenvalue weighted by Gasteiger charge is 2.20. The molecule has 0 saturated carbocycles. The van der Waals surface area contributed by atoms with E-state index in [0.29, 0.717) is 13.0 Å². The van der Waals surface area contributed by atoms with Gasteiger partial charge >= 0.3 is 0 Å². The van der Waals surface area contributed by atoms with Crippen molar-refractivity contribution in [3.05, 3.63) is 45.1 Å². The van der Waals surface area contributed by atoms with Crippen LogP contribution in [0.25, 0.3) is 10.2 Å². The molecule has 0 radical (unpaired) electrons. The number of carbonyl (C=O) groups is 1. The predicted molar refractivity (Wildman–Crippen MR) is 111 cm³/mol. The molecule has 4 nitrogen and oxygen atoms in total. The first-order valence-electron chi connectivity index (χ1n) is 8.06. The standard InChI is InChI=1S/C18H20BrN3OS2/c1-21(2)8-4-9-22(17(23)12-14-5-3-10-24-14)18-20-15-7-6-13(19)11-16(15)25-18/h3,5-7,10-11H,4,8-9,12H2,1-2H3. The Morgan fingerprint density at radius 2 is 2.08 bits per heavy atom. The van der Waals surface area contributed by atoms with Gasteiger partial charge in [0.25, 0.3) is 0 Å². The molecule has 0 spiro atoms. The largest absolute Gasteiger partial charge is 0.309 e. The minimum Gasteiger partial charge on any atom is -0.309 e. The molecule has 7 heteroatoms. The molecule has 1 aromatic carbocycles. The molecule has 1 amide bonds. The molecule has 0 bridgehead atoms. The number of thiophene rings is 1. The number of fused-ring (bicyclic) bond motifs is 1. The lowest BCUT2D eigenvalue weighted by atomic mass is 10.3. The molecule has 25 heavy (non-hydrogen) atoms. The Kier molecular flexibility index (Phi) is 6.22. The molecular formula is C18H20BrN3OS2. The van der Waals surface area contributed by atoms with Gasteiger partial charge in [-0.2, -0.15) is 0 Å². The van der Waals surface area contributed by atoms with Crippen molar-refractivity contribution in [2.75, 3.05) is 32.1 Å². The summed E-state index contributed by atoms with van der Waals surface area (Å²) in [6, 6.07) is 10.0. The maximum absolute atomic E-state index is 12.9. The van der Waals surface area contributed by atoms with Crippen LogP contribution in [0.2, 0.25) is 0 Å². The second kappa shape index (κ2) is 8.40. The van der Waals surface area contributed by atoms with E-state index in [9.17, 15) is 4.79 Å². The normalized spacial score (nSPS) is 11.4. The van der Waals surface area contributed by atoms with Crippen LogP contribution in [-0.4, -0.2) is 43.0 Å². The summed E-state index contributed by atoms with van der Waals surface area (Å²) >= 11 is 6.69. The van der Waals surface area contributed by atoms with E-state index >= 15 is 0 Å². The van der Waals surface area contributed by atoms with Crippen LogP contribution in [0.15, 0.2) is 40.2 Å². The molecule has 0 atom stereocenters. The number of rotatable bonds is 7. The lowest BCUT2D eigenvalue weighted by molar-refractivity contribution is -0.118. The second-order valence-corrected chi connectivity index (χ2v) is 9.02. The van der Waals surface area contributed by atoms with Gasteiger partial charge in [-0.25, -0.2) is 4.98 Å². The van der Waals surface area contributed by atoms with Gasteiger partial charge in [0.2, 0.25) is 5.91 Å². The summed E-state index contributed by atoms with van der Waals surface area (Å²) in [5.41, 5.74) is 0.935. The van der Waals surface area contributed by atoms with Crippen LogP contribution in [0.1, 0.15) is 11.3 Å². The Morgan fingerprint density at radius 1 is 1.24 bits per heavy atom. The third-order valence-electron chi connectivity index (χ3n) is 3.76. The van der Waals surface area contributed by atoms with E-state index in [0.717, 1.165) is 37.7 Å². The van der Waals surface area contributed by atoms with Crippen molar-refractivity contribution in [2.45, 2.75) is 12.8 Å². The Bertz CT molecular complexity index is 845. The first-order chi connectivity index (χ1) is 12.0. The molecular weight excluding hydrogens is 418 g/mol. The maximum atomic E-state index is 12.9. The van der Waals surface area contributed by atoms with Crippen molar-refractivity contribution in [3.63, 3.8) is 0 Å². The van der Waals surface area contributed by atoms with Crippen LogP contribution < -0.4 is 4.90 Å². The SMILES string of the molecule is CN(C)CCCN(C(=O)Cc1cccs1)c1nc2ccc(Br)cc2s1. The van der Waals surface area contributed by atoms with E-state index in [1.807, 2.05) is 48.6 Å². The van der Waals surface area contributed by atoms with E-state index in [4.69, 9.17) is 4.98 Å². The number of nitrogens with zero attached hydrogens (tertiary/aromatic N) is 3. The number of hydrogen-bond acceptors (Lipinski definition) is 5. The van der Waals surface area contributed by atoms with Crippen molar-refractivity contribution in [2.24, 2.45) is 0 Å². The summed E-state index contributed by atoms with van der Waals surface area (Å²) in [5, 5.41) is 2.79. The molecule has 2 aromatic heterocycles. The topological polar surface area (TPSA) is 36.4 Å². The average molecular weight is 438 g/mol. The quantitative estimate of drug-likeness (QED) is 0.539. The molecule has 0 N–H and O–H groups in total. The monoisotopic (exact) mass is 437 g/mol. The number of thiazole rings is 1. The zero-order chi connectivity index (χ0) is 17.8. The molecule has 0 aliphatic carbocycles. The van der Waals surface area contributed by atoms with E-state index in [1.54, 1.807) is 22.7 Å². The molecule has 0 fully saturated rings. The molecule has 0 unspecified atom stereocenters. The highest BCUT2D eigenvalue weighted by atomic mass is 79.9. The molecule has 0 aliphatic heterocycles. The van der Waals surface area contributed by atoms with E-state index < -0.39 is 0 Å². The summed E-state index contributed by atoms with van der Waals surface area (Å²) in [6.07, 6.45) is 1.35. The third kappa shape index (κ3) is 4.88. The average Bonchev–Trinajstić information content (AvgIpc) is 3.19. The van der Waals surface area contributed by atoms with Crippen LogP contribution in [-0.2, 0) is 11.2 Å². The first-order valence-corrected chi connectivity index (χ1v) is 10.6. The smallest absolute Gasteiger partial charge is 0.234 e. The summed E-state index contributed by atoms with van der Waals surface area (Å²) in [6.45, 7) is 1.63. The van der Waals surface area contributed by atoms with Crippen molar-refractivity contribution in [1.29, 1.82) is 0 Å². The van der Waals surface area contributed by atoms with Gasteiger partial charge in [-0.1, -0.05) is 33.3 Å². The van der Waals surface area contributed by atoms with Crippen LogP contribution in [0.5, 0.6) is 0 Å². The molecule has 3 aromatic rings. The maximum Gasteiger partial charge on any atom is 0.234 e. The fourth-order valence-electron chi connectivity index (χ4n) is 2.53. The second-order valence-electron chi connectivity index (χ2n) is 6.07. The molecule has 0 aliphatic rings. The zero-order valence-corrected chi connectivity index (χ0v) is 17.5. The summed E-state index contributed by atoms with van der Waals surface area (Å²) in [5.74, 6) is 0.110. The number of halogens is 1. The molecule has 2 heterocycles. The van der Waals surface area contributed by atoms with Gasteiger partial charge in [-0.05, 0) is 56.7 Å². The lowest BCUT2D eigenvalue weighted by Crippen LogP contribution is -2.34. The van der Waals surface area contributed by atoms with Gasteiger partial charge < -0.3 is 4.90 Å².